The van der Waals surface area contributed by atoms with E-state index in [4.69, 9.17) is 22.1 Å². The van der Waals surface area contributed by atoms with E-state index in [2.05, 4.69) is 13.8 Å². The van der Waals surface area contributed by atoms with Gasteiger partial charge in [-0.2, -0.15) is 0 Å². The van der Waals surface area contributed by atoms with Crippen molar-refractivity contribution in [1.82, 2.24) is 0 Å². The zero-order chi connectivity index (χ0) is 12.1. The van der Waals surface area contributed by atoms with Gasteiger partial charge in [-0.25, -0.2) is 0 Å². The summed E-state index contributed by atoms with van der Waals surface area (Å²) in [6.07, 6.45) is 0.981. The van der Waals surface area contributed by atoms with Crippen LogP contribution in [0.5, 0.6) is 5.75 Å². The fraction of sp³-hybridized carbons (Fsp3) is 0.417. The minimum Gasteiger partial charge on any atom is -0.494 e. The Balaban J connectivity index is 2.63. The molecule has 4 heteroatoms. The van der Waals surface area contributed by atoms with E-state index in [0.29, 0.717) is 28.9 Å². The van der Waals surface area contributed by atoms with E-state index in [0.717, 1.165) is 6.42 Å². The first-order valence-electron chi connectivity index (χ1n) is 5.23. The zero-order valence-electron chi connectivity index (χ0n) is 9.50. The van der Waals surface area contributed by atoms with Crippen LogP contribution in [0.3, 0.4) is 0 Å². The maximum atomic E-state index is 10.9. The van der Waals surface area contributed by atoms with Gasteiger partial charge in [0.25, 0.3) is 0 Å². The minimum absolute atomic E-state index is 0.317. The molecule has 1 aromatic rings. The van der Waals surface area contributed by atoms with Crippen molar-refractivity contribution in [1.29, 1.82) is 0 Å². The average molecular weight is 242 g/mol. The maximum Gasteiger partial charge on any atom is 0.250 e. The van der Waals surface area contributed by atoms with Crippen molar-refractivity contribution < 1.29 is 9.53 Å². The highest BCUT2D eigenvalue weighted by molar-refractivity contribution is 6.33. The van der Waals surface area contributed by atoms with Crippen LogP contribution in [0.2, 0.25) is 5.02 Å². The Morgan fingerprint density at radius 1 is 1.50 bits per heavy atom. The number of amides is 1. The van der Waals surface area contributed by atoms with Crippen molar-refractivity contribution >= 4 is 17.5 Å². The molecule has 0 aromatic heterocycles. The predicted molar refractivity (Wildman–Crippen MR) is 64.9 cm³/mol. The van der Waals surface area contributed by atoms with Gasteiger partial charge in [0.1, 0.15) is 5.75 Å². The van der Waals surface area contributed by atoms with Crippen molar-refractivity contribution in [2.45, 2.75) is 20.3 Å². The first-order chi connectivity index (χ1) is 7.50. The monoisotopic (exact) mass is 241 g/mol. The van der Waals surface area contributed by atoms with Crippen LogP contribution >= 0.6 is 11.6 Å². The number of rotatable bonds is 5. The van der Waals surface area contributed by atoms with Crippen LogP contribution in [0.15, 0.2) is 18.2 Å². The highest BCUT2D eigenvalue weighted by Crippen LogP contribution is 2.22. The van der Waals surface area contributed by atoms with Crippen molar-refractivity contribution in [3.63, 3.8) is 0 Å². The summed E-state index contributed by atoms with van der Waals surface area (Å²) in [6, 6.07) is 4.89. The van der Waals surface area contributed by atoms with E-state index in [1.165, 1.54) is 0 Å². The normalized spacial score (nSPS) is 10.5. The van der Waals surface area contributed by atoms with Crippen molar-refractivity contribution in [3.8, 4) is 5.75 Å². The third kappa shape index (κ3) is 3.74. The number of halogens is 1. The highest BCUT2D eigenvalue weighted by Gasteiger charge is 2.07. The summed E-state index contributed by atoms with van der Waals surface area (Å²) < 4.78 is 5.50. The van der Waals surface area contributed by atoms with Gasteiger partial charge in [0.05, 0.1) is 17.2 Å². The molecule has 0 aliphatic carbocycles. The molecule has 0 heterocycles. The lowest BCUT2D eigenvalue weighted by Gasteiger charge is -2.09. The summed E-state index contributed by atoms with van der Waals surface area (Å²) in [7, 11) is 0. The molecular weight excluding hydrogens is 226 g/mol. The molecule has 0 aliphatic heterocycles. The summed E-state index contributed by atoms with van der Waals surface area (Å²) in [6.45, 7) is 4.91. The van der Waals surface area contributed by atoms with Crippen molar-refractivity contribution in [2.75, 3.05) is 6.61 Å². The Morgan fingerprint density at radius 3 is 2.69 bits per heavy atom. The van der Waals surface area contributed by atoms with Crippen molar-refractivity contribution in [2.24, 2.45) is 11.7 Å². The maximum absolute atomic E-state index is 10.9. The number of hydrogen-bond donors (Lipinski definition) is 1. The second kappa shape index (κ2) is 5.75. The van der Waals surface area contributed by atoms with Gasteiger partial charge in [0.15, 0.2) is 0 Å². The van der Waals surface area contributed by atoms with Crippen LogP contribution in [0, 0.1) is 5.92 Å². The third-order valence-electron chi connectivity index (χ3n) is 2.17. The largest absolute Gasteiger partial charge is 0.494 e. The van der Waals surface area contributed by atoms with Crippen LogP contribution in [0.25, 0.3) is 0 Å². The number of hydrogen-bond acceptors (Lipinski definition) is 2. The molecule has 16 heavy (non-hydrogen) atoms. The molecule has 0 saturated carbocycles. The second-order valence-electron chi connectivity index (χ2n) is 4.04. The lowest BCUT2D eigenvalue weighted by atomic mass is 10.1. The Kier molecular flexibility index (Phi) is 4.62. The van der Waals surface area contributed by atoms with Gasteiger partial charge in [-0.3, -0.25) is 4.79 Å². The average Bonchev–Trinajstić information content (AvgIpc) is 2.16. The molecule has 1 amide bonds. The van der Waals surface area contributed by atoms with E-state index < -0.39 is 5.91 Å². The van der Waals surface area contributed by atoms with E-state index in [9.17, 15) is 4.79 Å². The molecule has 88 valence electrons. The van der Waals surface area contributed by atoms with Crippen LogP contribution in [-0.4, -0.2) is 12.5 Å². The number of primary amides is 1. The van der Waals surface area contributed by atoms with E-state index >= 15 is 0 Å². The zero-order valence-corrected chi connectivity index (χ0v) is 10.3. The highest BCUT2D eigenvalue weighted by atomic mass is 35.5. The molecule has 0 spiro atoms. The molecule has 0 aliphatic rings. The van der Waals surface area contributed by atoms with Crippen LogP contribution in [0.1, 0.15) is 30.6 Å². The summed E-state index contributed by atoms with van der Waals surface area (Å²) >= 11 is 5.89. The Bertz CT molecular complexity index is 377. The van der Waals surface area contributed by atoms with Crippen LogP contribution in [-0.2, 0) is 0 Å². The summed E-state index contributed by atoms with van der Waals surface area (Å²) in [4.78, 5) is 10.9. The molecule has 1 rings (SSSR count). The molecule has 3 nitrogen and oxygen atoms in total. The third-order valence-corrected chi connectivity index (χ3v) is 2.48. The molecule has 0 unspecified atom stereocenters. The van der Waals surface area contributed by atoms with Gasteiger partial charge in [-0.15, -0.1) is 0 Å². The summed E-state index contributed by atoms with van der Waals surface area (Å²) in [5.41, 5.74) is 5.46. The Labute approximate surface area is 101 Å². The van der Waals surface area contributed by atoms with Gasteiger partial charge >= 0.3 is 0 Å². The number of carbonyl (C=O) groups is 1. The van der Waals surface area contributed by atoms with Gasteiger partial charge in [-0.1, -0.05) is 25.4 Å². The molecule has 0 radical (unpaired) electrons. The van der Waals surface area contributed by atoms with Crippen molar-refractivity contribution in [3.05, 3.63) is 28.8 Å². The van der Waals surface area contributed by atoms with Crippen LogP contribution < -0.4 is 10.5 Å². The smallest absolute Gasteiger partial charge is 0.250 e. The first-order valence-corrected chi connectivity index (χ1v) is 5.60. The van der Waals surface area contributed by atoms with E-state index in [1.54, 1.807) is 18.2 Å². The summed E-state index contributed by atoms with van der Waals surface area (Å²) in [5, 5.41) is 0.328. The van der Waals surface area contributed by atoms with E-state index in [-0.39, 0.29) is 0 Å². The number of nitrogens with two attached hydrogens (primary N) is 1. The lowest BCUT2D eigenvalue weighted by molar-refractivity contribution is 0.100. The first kappa shape index (κ1) is 12.8. The fourth-order valence-corrected chi connectivity index (χ4v) is 1.46. The van der Waals surface area contributed by atoms with Gasteiger partial charge in [0, 0.05) is 0 Å². The van der Waals surface area contributed by atoms with Gasteiger partial charge in [0.2, 0.25) is 5.91 Å². The Morgan fingerprint density at radius 2 is 2.19 bits per heavy atom. The molecular formula is C12H16ClNO2. The standard InChI is InChI=1S/C12H16ClNO2/c1-8(2)5-6-16-9-3-4-10(12(14)15)11(13)7-9/h3-4,7-8H,5-6H2,1-2H3,(H2,14,15). The molecule has 0 atom stereocenters. The number of benzene rings is 1. The van der Waals surface area contributed by atoms with Gasteiger partial charge < -0.3 is 10.5 Å². The van der Waals surface area contributed by atoms with Gasteiger partial charge in [-0.05, 0) is 30.5 Å². The molecule has 0 saturated heterocycles. The molecule has 0 fully saturated rings. The SMILES string of the molecule is CC(C)CCOc1ccc(C(N)=O)c(Cl)c1. The topological polar surface area (TPSA) is 52.3 Å². The lowest BCUT2D eigenvalue weighted by Crippen LogP contribution is -2.11. The number of carbonyl (C=O) groups excluding carboxylic acids is 1. The summed E-state index contributed by atoms with van der Waals surface area (Å²) in [5.74, 6) is 0.731. The quantitative estimate of drug-likeness (QED) is 0.862. The fourth-order valence-electron chi connectivity index (χ4n) is 1.20. The van der Waals surface area contributed by atoms with E-state index in [1.807, 2.05) is 0 Å². The molecule has 2 N–H and O–H groups in total. The van der Waals surface area contributed by atoms with Crippen LogP contribution in [0.4, 0.5) is 0 Å². The second-order valence-corrected chi connectivity index (χ2v) is 4.44. The molecule has 1 aromatic carbocycles. The predicted octanol–water partition coefficient (Wildman–Crippen LogP) is 2.86. The minimum atomic E-state index is -0.529. The number of ether oxygens (including phenoxy) is 1. The Hall–Kier alpha value is -1.22. The molecule has 0 bridgehead atoms.